The van der Waals surface area contributed by atoms with Gasteiger partial charge in [-0.1, -0.05) is 0 Å². The first kappa shape index (κ1) is 24.1. The van der Waals surface area contributed by atoms with Gasteiger partial charge < -0.3 is 10.2 Å². The Morgan fingerprint density at radius 3 is 2.53 bits per heavy atom. The average Bonchev–Trinajstić information content (AvgIpc) is 3.20. The lowest BCUT2D eigenvalue weighted by molar-refractivity contribution is -0.141. The Morgan fingerprint density at radius 2 is 1.88 bits per heavy atom. The quantitative estimate of drug-likeness (QED) is 0.653. The van der Waals surface area contributed by atoms with Gasteiger partial charge in [-0.3, -0.25) is 19.6 Å². The summed E-state index contributed by atoms with van der Waals surface area (Å²) in [5.41, 5.74) is -0.0714. The van der Waals surface area contributed by atoms with Crippen LogP contribution in [0.4, 0.5) is 22.0 Å². The first-order chi connectivity index (χ1) is 16.1. The molecule has 0 saturated carbocycles. The maximum atomic E-state index is 14.0. The molecular formula is C22H24F5N5O2. The molecule has 0 spiro atoms. The number of nitrogens with zero attached hydrogens (tertiary/aromatic N) is 3. The second-order valence-electron chi connectivity index (χ2n) is 8.58. The molecule has 1 saturated heterocycles. The number of carbonyl (C=O) groups is 2. The molecule has 1 fully saturated rings. The highest BCUT2D eigenvalue weighted by Gasteiger charge is 2.40. The zero-order valence-corrected chi connectivity index (χ0v) is 18.4. The second-order valence-corrected chi connectivity index (χ2v) is 8.58. The molecule has 7 nitrogen and oxygen atoms in total. The number of likely N-dealkylation sites (N-methyl/N-ethyl adjacent to an activating group) is 1. The monoisotopic (exact) mass is 485 g/mol. The van der Waals surface area contributed by atoms with E-state index in [0.717, 1.165) is 17.3 Å². The van der Waals surface area contributed by atoms with Gasteiger partial charge in [-0.2, -0.15) is 18.3 Å². The minimum Gasteiger partial charge on any atom is -0.358 e. The summed E-state index contributed by atoms with van der Waals surface area (Å²) in [7, 11) is 1.56. The van der Waals surface area contributed by atoms with E-state index in [1.54, 1.807) is 7.05 Å². The fourth-order valence-corrected chi connectivity index (χ4v) is 4.73. The van der Waals surface area contributed by atoms with Crippen LogP contribution in [0.25, 0.3) is 0 Å². The summed E-state index contributed by atoms with van der Waals surface area (Å²) in [5.74, 6) is -3.87. The molecule has 0 unspecified atom stereocenters. The SMILES string of the molecule is CNC(=O)CN1CCc2c(C(=O)N3CCC(c4cc(F)cc(F)c4C(F)(F)F)CC3)n[nH]c2C1. The number of benzene rings is 1. The van der Waals surface area contributed by atoms with Crippen LogP contribution in [0.5, 0.6) is 0 Å². The zero-order valence-electron chi connectivity index (χ0n) is 18.4. The van der Waals surface area contributed by atoms with Gasteiger partial charge in [0, 0.05) is 44.9 Å². The van der Waals surface area contributed by atoms with Gasteiger partial charge in [-0.25, -0.2) is 8.78 Å². The molecule has 2 aromatic rings. The van der Waals surface area contributed by atoms with Gasteiger partial charge in [0.15, 0.2) is 5.69 Å². The number of fused-ring (bicyclic) bond motifs is 1. The molecule has 2 N–H and O–H groups in total. The lowest BCUT2D eigenvalue weighted by Gasteiger charge is -2.33. The Morgan fingerprint density at radius 1 is 1.18 bits per heavy atom. The van der Waals surface area contributed by atoms with Gasteiger partial charge >= 0.3 is 6.18 Å². The lowest BCUT2D eigenvalue weighted by atomic mass is 9.85. The maximum absolute atomic E-state index is 14.0. The Hall–Kier alpha value is -3.02. The summed E-state index contributed by atoms with van der Waals surface area (Å²) in [6, 6.07) is 0.976. The average molecular weight is 485 g/mol. The van der Waals surface area contributed by atoms with Crippen LogP contribution in [0.3, 0.4) is 0 Å². The number of H-pyrrole nitrogens is 1. The van der Waals surface area contributed by atoms with Crippen molar-refractivity contribution in [3.05, 3.63) is 51.8 Å². The molecule has 2 amide bonds. The molecule has 0 atom stereocenters. The highest BCUT2D eigenvalue weighted by molar-refractivity contribution is 5.94. The number of hydrogen-bond acceptors (Lipinski definition) is 4. The molecule has 2 aliphatic heterocycles. The van der Waals surface area contributed by atoms with Gasteiger partial charge in [0.1, 0.15) is 11.6 Å². The van der Waals surface area contributed by atoms with Crippen LogP contribution in [0, 0.1) is 11.6 Å². The van der Waals surface area contributed by atoms with E-state index in [2.05, 4.69) is 15.5 Å². The van der Waals surface area contributed by atoms with Crippen molar-refractivity contribution in [3.63, 3.8) is 0 Å². The van der Waals surface area contributed by atoms with E-state index in [0.29, 0.717) is 19.5 Å². The molecule has 0 bridgehead atoms. The van der Waals surface area contributed by atoms with E-state index in [4.69, 9.17) is 0 Å². The lowest BCUT2D eigenvalue weighted by Crippen LogP contribution is -2.40. The van der Waals surface area contributed by atoms with E-state index in [-0.39, 0.29) is 56.1 Å². The molecule has 1 aromatic heterocycles. The topological polar surface area (TPSA) is 81.3 Å². The summed E-state index contributed by atoms with van der Waals surface area (Å²) in [6.45, 7) is 1.53. The smallest absolute Gasteiger partial charge is 0.358 e. The van der Waals surface area contributed by atoms with E-state index in [1.165, 1.54) is 4.90 Å². The van der Waals surface area contributed by atoms with Crippen LogP contribution in [0.2, 0.25) is 0 Å². The van der Waals surface area contributed by atoms with Crippen molar-refractivity contribution in [2.45, 2.75) is 37.9 Å². The number of nitrogens with one attached hydrogen (secondary N) is 2. The summed E-state index contributed by atoms with van der Waals surface area (Å²) < 4.78 is 67.9. The van der Waals surface area contributed by atoms with E-state index in [1.807, 2.05) is 4.90 Å². The van der Waals surface area contributed by atoms with Gasteiger partial charge in [0.25, 0.3) is 5.91 Å². The number of carbonyl (C=O) groups excluding carboxylic acids is 2. The van der Waals surface area contributed by atoms with Gasteiger partial charge in [-0.15, -0.1) is 0 Å². The van der Waals surface area contributed by atoms with Crippen molar-refractivity contribution in [2.75, 3.05) is 33.2 Å². The number of aromatic amines is 1. The maximum Gasteiger partial charge on any atom is 0.419 e. The van der Waals surface area contributed by atoms with Crippen LogP contribution in [0.15, 0.2) is 12.1 Å². The molecule has 4 rings (SSSR count). The second kappa shape index (κ2) is 9.32. The van der Waals surface area contributed by atoms with Crippen LogP contribution < -0.4 is 5.32 Å². The summed E-state index contributed by atoms with van der Waals surface area (Å²) in [4.78, 5) is 28.1. The molecule has 3 heterocycles. The van der Waals surface area contributed by atoms with Crippen molar-refractivity contribution in [1.29, 1.82) is 0 Å². The van der Waals surface area contributed by atoms with Gasteiger partial charge in [-0.05, 0) is 36.8 Å². The van der Waals surface area contributed by atoms with Crippen molar-refractivity contribution in [1.82, 2.24) is 25.3 Å². The third kappa shape index (κ3) is 4.77. The minimum absolute atomic E-state index is 0.117. The predicted molar refractivity (Wildman–Crippen MR) is 111 cm³/mol. The molecule has 0 radical (unpaired) electrons. The highest BCUT2D eigenvalue weighted by atomic mass is 19.4. The fraction of sp³-hybridized carbons (Fsp3) is 0.500. The Kier molecular flexibility index (Phi) is 6.61. The van der Waals surface area contributed by atoms with Crippen molar-refractivity contribution in [2.24, 2.45) is 0 Å². The number of halogens is 5. The van der Waals surface area contributed by atoms with Crippen molar-refractivity contribution in [3.8, 4) is 0 Å². The van der Waals surface area contributed by atoms with Crippen molar-refractivity contribution < 1.29 is 31.5 Å². The van der Waals surface area contributed by atoms with Crippen LogP contribution in [-0.4, -0.2) is 65.0 Å². The predicted octanol–water partition coefficient (Wildman–Crippen LogP) is 2.83. The number of likely N-dealkylation sites (tertiary alicyclic amines) is 1. The number of rotatable bonds is 4. The van der Waals surface area contributed by atoms with E-state index in [9.17, 15) is 31.5 Å². The molecule has 0 aliphatic carbocycles. The van der Waals surface area contributed by atoms with E-state index >= 15 is 0 Å². The molecule has 1 aromatic carbocycles. The Bertz CT molecular complexity index is 1090. The Labute approximate surface area is 192 Å². The Balaban J connectivity index is 1.45. The molecular weight excluding hydrogens is 461 g/mol. The minimum atomic E-state index is -4.94. The van der Waals surface area contributed by atoms with Crippen LogP contribution in [-0.2, 0) is 23.9 Å². The van der Waals surface area contributed by atoms with Gasteiger partial charge in [0.2, 0.25) is 5.91 Å². The number of amides is 2. The fourth-order valence-electron chi connectivity index (χ4n) is 4.73. The zero-order chi connectivity index (χ0) is 24.6. The molecule has 12 heteroatoms. The summed E-state index contributed by atoms with van der Waals surface area (Å²) in [5, 5.41) is 9.59. The number of alkyl halides is 3. The first-order valence-corrected chi connectivity index (χ1v) is 10.9. The number of hydrogen-bond donors (Lipinski definition) is 2. The summed E-state index contributed by atoms with van der Waals surface area (Å²) in [6.07, 6.45) is -4.13. The molecule has 34 heavy (non-hydrogen) atoms. The molecule has 2 aliphatic rings. The normalized spacial score (nSPS) is 17.5. The van der Waals surface area contributed by atoms with Gasteiger partial charge in [0.05, 0.1) is 17.8 Å². The number of aromatic nitrogens is 2. The third-order valence-electron chi connectivity index (χ3n) is 6.45. The van der Waals surface area contributed by atoms with Crippen LogP contribution in [0.1, 0.15) is 51.6 Å². The summed E-state index contributed by atoms with van der Waals surface area (Å²) >= 11 is 0. The standard InChI is InChI=1S/C22H24F5N5O2/c1-28-18(33)11-31-5-4-14-17(10-31)29-30-20(14)21(34)32-6-2-12(3-7-32)15-8-13(23)9-16(24)19(15)22(25,26)27/h8-9,12H,2-7,10-11H2,1H3,(H,28,33)(H,29,30). The van der Waals surface area contributed by atoms with Crippen molar-refractivity contribution >= 4 is 11.8 Å². The largest absolute Gasteiger partial charge is 0.419 e. The highest BCUT2D eigenvalue weighted by Crippen LogP contribution is 2.41. The first-order valence-electron chi connectivity index (χ1n) is 10.9. The third-order valence-corrected chi connectivity index (χ3v) is 6.45. The van der Waals surface area contributed by atoms with Crippen LogP contribution >= 0.6 is 0 Å². The molecule has 184 valence electrons. The van der Waals surface area contributed by atoms with E-state index < -0.39 is 34.9 Å². The number of piperidine rings is 1.